The van der Waals surface area contributed by atoms with Crippen molar-refractivity contribution in [3.05, 3.63) is 29.0 Å². The molecule has 1 saturated heterocycles. The second kappa shape index (κ2) is 7.42. The first-order valence-corrected chi connectivity index (χ1v) is 10.4. The summed E-state index contributed by atoms with van der Waals surface area (Å²) in [7, 11) is 1.64. The maximum atomic E-state index is 12.6. The summed E-state index contributed by atoms with van der Waals surface area (Å²) in [5.41, 5.74) is 1.52. The van der Waals surface area contributed by atoms with Gasteiger partial charge < -0.3 is 14.5 Å². The van der Waals surface area contributed by atoms with Crippen molar-refractivity contribution in [2.75, 3.05) is 38.2 Å². The molecule has 1 aromatic carbocycles. The Hall–Kier alpha value is -2.45. The molecule has 0 radical (unpaired) electrons. The predicted octanol–water partition coefficient (Wildman–Crippen LogP) is 2.53. The number of fused-ring (bicyclic) bond motifs is 3. The van der Waals surface area contributed by atoms with E-state index in [9.17, 15) is 4.79 Å². The number of aromatic nitrogens is 4. The van der Waals surface area contributed by atoms with Gasteiger partial charge in [0.25, 0.3) is 0 Å². The van der Waals surface area contributed by atoms with Crippen molar-refractivity contribution in [3.63, 3.8) is 0 Å². The Morgan fingerprint density at radius 3 is 2.69 bits per heavy atom. The van der Waals surface area contributed by atoms with Gasteiger partial charge in [-0.05, 0) is 31.0 Å². The Bertz CT molecular complexity index is 1070. The fourth-order valence-corrected chi connectivity index (χ4v) is 4.29. The van der Waals surface area contributed by atoms with E-state index in [4.69, 9.17) is 21.3 Å². The first-order chi connectivity index (χ1) is 14.2. The van der Waals surface area contributed by atoms with Crippen LogP contribution in [0.5, 0.6) is 0 Å². The molecule has 1 saturated carbocycles. The number of amides is 1. The lowest BCUT2D eigenvalue weighted by Gasteiger charge is -2.38. The molecule has 3 aromatic rings. The summed E-state index contributed by atoms with van der Waals surface area (Å²) >= 11 is 6.21. The predicted molar refractivity (Wildman–Crippen MR) is 110 cm³/mol. The molecule has 3 heterocycles. The molecule has 0 unspecified atom stereocenters. The summed E-state index contributed by atoms with van der Waals surface area (Å²) < 4.78 is 7.28. The Labute approximate surface area is 173 Å². The number of anilines is 1. The number of methoxy groups -OCH3 is 1. The van der Waals surface area contributed by atoms with Crippen molar-refractivity contribution in [3.8, 4) is 0 Å². The fraction of sp³-hybridized carbons (Fsp3) is 0.500. The number of benzene rings is 1. The molecule has 0 N–H and O–H groups in total. The SMILES string of the molecule is COCc1nnc2c3ccc(Cl)cc3nc(N3CCN(C(=O)C4CCC4)CC3)n12. The molecule has 5 rings (SSSR count). The van der Waals surface area contributed by atoms with E-state index in [1.807, 2.05) is 27.5 Å². The zero-order valence-electron chi connectivity index (χ0n) is 16.3. The number of carbonyl (C=O) groups excluding carboxylic acids is 1. The van der Waals surface area contributed by atoms with Crippen LogP contribution in [0.2, 0.25) is 5.02 Å². The van der Waals surface area contributed by atoms with Gasteiger partial charge in [-0.3, -0.25) is 4.79 Å². The van der Waals surface area contributed by atoms with Crippen LogP contribution in [0, 0.1) is 5.92 Å². The summed E-state index contributed by atoms with van der Waals surface area (Å²) in [4.78, 5) is 21.7. The van der Waals surface area contributed by atoms with E-state index >= 15 is 0 Å². The standard InChI is InChI=1S/C20H23ClN6O2/c1-29-12-17-23-24-18-15-6-5-14(21)11-16(15)22-20(27(17)18)26-9-7-25(8-10-26)19(28)13-3-2-4-13/h5-6,11,13H,2-4,7-10,12H2,1H3. The quantitative estimate of drug-likeness (QED) is 0.653. The van der Waals surface area contributed by atoms with Gasteiger partial charge in [-0.15, -0.1) is 10.2 Å². The van der Waals surface area contributed by atoms with Gasteiger partial charge in [-0.1, -0.05) is 18.0 Å². The van der Waals surface area contributed by atoms with Crippen molar-refractivity contribution in [2.45, 2.75) is 25.9 Å². The molecular weight excluding hydrogens is 392 g/mol. The van der Waals surface area contributed by atoms with Gasteiger partial charge in [0, 0.05) is 49.6 Å². The van der Waals surface area contributed by atoms with E-state index < -0.39 is 0 Å². The van der Waals surface area contributed by atoms with E-state index in [0.29, 0.717) is 36.5 Å². The van der Waals surface area contributed by atoms with Crippen molar-refractivity contribution in [2.24, 2.45) is 5.92 Å². The van der Waals surface area contributed by atoms with E-state index in [1.54, 1.807) is 7.11 Å². The molecule has 0 spiro atoms. The third-order valence-corrected chi connectivity index (χ3v) is 6.19. The van der Waals surface area contributed by atoms with Gasteiger partial charge in [0.15, 0.2) is 11.5 Å². The normalized spacial score (nSPS) is 17.9. The second-order valence-corrected chi connectivity index (χ2v) is 8.16. The van der Waals surface area contributed by atoms with Crippen molar-refractivity contribution in [1.29, 1.82) is 0 Å². The summed E-state index contributed by atoms with van der Waals surface area (Å²) in [5.74, 6) is 2.02. The minimum absolute atomic E-state index is 0.236. The van der Waals surface area contributed by atoms with Gasteiger partial charge >= 0.3 is 0 Å². The molecule has 8 nitrogen and oxygen atoms in total. The summed E-state index contributed by atoms with van der Waals surface area (Å²) in [6, 6.07) is 5.60. The van der Waals surface area contributed by atoms with Crippen molar-refractivity contribution >= 4 is 40.0 Å². The van der Waals surface area contributed by atoms with Crippen molar-refractivity contribution < 1.29 is 9.53 Å². The van der Waals surface area contributed by atoms with Gasteiger partial charge in [-0.25, -0.2) is 9.38 Å². The van der Waals surface area contributed by atoms with Crippen LogP contribution in [-0.4, -0.2) is 63.7 Å². The molecular formula is C20H23ClN6O2. The van der Waals surface area contributed by atoms with Crippen LogP contribution in [-0.2, 0) is 16.1 Å². The maximum absolute atomic E-state index is 12.6. The molecule has 0 bridgehead atoms. The number of halogens is 1. The molecule has 0 atom stereocenters. The lowest BCUT2D eigenvalue weighted by Crippen LogP contribution is -2.51. The van der Waals surface area contributed by atoms with Crippen LogP contribution in [0.15, 0.2) is 18.2 Å². The number of hydrogen-bond acceptors (Lipinski definition) is 6. The molecule has 2 aliphatic rings. The molecule has 1 aliphatic carbocycles. The Kier molecular flexibility index (Phi) is 4.75. The van der Waals surface area contributed by atoms with Crippen LogP contribution in [0.3, 0.4) is 0 Å². The van der Waals surface area contributed by atoms with Crippen LogP contribution < -0.4 is 4.90 Å². The smallest absolute Gasteiger partial charge is 0.225 e. The molecule has 152 valence electrons. The number of piperazine rings is 1. The monoisotopic (exact) mass is 414 g/mol. The molecule has 1 amide bonds. The lowest BCUT2D eigenvalue weighted by atomic mass is 9.84. The number of nitrogens with zero attached hydrogens (tertiary/aromatic N) is 6. The van der Waals surface area contributed by atoms with Gasteiger partial charge in [0.2, 0.25) is 11.9 Å². The van der Waals surface area contributed by atoms with Crippen LogP contribution in [0.4, 0.5) is 5.95 Å². The minimum atomic E-state index is 0.236. The lowest BCUT2D eigenvalue weighted by molar-refractivity contribution is -0.138. The number of ether oxygens (including phenoxy) is 1. The Morgan fingerprint density at radius 1 is 1.21 bits per heavy atom. The Morgan fingerprint density at radius 2 is 2.00 bits per heavy atom. The first kappa shape index (κ1) is 18.6. The zero-order chi connectivity index (χ0) is 20.0. The molecule has 2 fully saturated rings. The van der Waals surface area contributed by atoms with Gasteiger partial charge in [0.1, 0.15) is 6.61 Å². The van der Waals surface area contributed by atoms with E-state index in [1.165, 1.54) is 6.42 Å². The highest BCUT2D eigenvalue weighted by molar-refractivity contribution is 6.31. The topological polar surface area (TPSA) is 75.9 Å². The summed E-state index contributed by atoms with van der Waals surface area (Å²) in [6.07, 6.45) is 3.25. The molecule has 1 aliphatic heterocycles. The Balaban J connectivity index is 1.51. The highest BCUT2D eigenvalue weighted by atomic mass is 35.5. The van der Waals surface area contributed by atoms with E-state index in [2.05, 4.69) is 15.1 Å². The highest BCUT2D eigenvalue weighted by Gasteiger charge is 2.32. The van der Waals surface area contributed by atoms with E-state index in [0.717, 1.165) is 48.4 Å². The summed E-state index contributed by atoms with van der Waals surface area (Å²) in [5, 5.41) is 10.2. The fourth-order valence-electron chi connectivity index (χ4n) is 4.12. The molecule has 2 aromatic heterocycles. The second-order valence-electron chi connectivity index (χ2n) is 7.72. The molecule has 9 heteroatoms. The minimum Gasteiger partial charge on any atom is -0.377 e. The first-order valence-electron chi connectivity index (χ1n) is 10.0. The number of carbonyl (C=O) groups is 1. The maximum Gasteiger partial charge on any atom is 0.225 e. The third-order valence-electron chi connectivity index (χ3n) is 5.95. The third kappa shape index (κ3) is 3.20. The largest absolute Gasteiger partial charge is 0.377 e. The summed E-state index contributed by atoms with van der Waals surface area (Å²) in [6.45, 7) is 3.19. The number of hydrogen-bond donors (Lipinski definition) is 0. The van der Waals surface area contributed by atoms with Crippen LogP contribution in [0.25, 0.3) is 16.6 Å². The van der Waals surface area contributed by atoms with E-state index in [-0.39, 0.29) is 5.92 Å². The molecule has 29 heavy (non-hydrogen) atoms. The average Bonchev–Trinajstić information content (AvgIpc) is 3.10. The zero-order valence-corrected chi connectivity index (χ0v) is 17.1. The highest BCUT2D eigenvalue weighted by Crippen LogP contribution is 2.30. The van der Waals surface area contributed by atoms with Crippen LogP contribution >= 0.6 is 11.6 Å². The van der Waals surface area contributed by atoms with Crippen molar-refractivity contribution in [1.82, 2.24) is 24.5 Å². The number of rotatable bonds is 4. The van der Waals surface area contributed by atoms with Gasteiger partial charge in [-0.2, -0.15) is 0 Å². The van der Waals surface area contributed by atoms with Crippen LogP contribution in [0.1, 0.15) is 25.1 Å². The average molecular weight is 415 g/mol. The van der Waals surface area contributed by atoms with Gasteiger partial charge in [0.05, 0.1) is 5.52 Å².